The number of fused-ring (bicyclic) bond motifs is 3. The van der Waals surface area contributed by atoms with E-state index in [4.69, 9.17) is 5.53 Å². The van der Waals surface area contributed by atoms with E-state index in [9.17, 15) is 4.79 Å². The van der Waals surface area contributed by atoms with Crippen LogP contribution in [0.4, 0.5) is 0 Å². The van der Waals surface area contributed by atoms with E-state index in [1.165, 1.54) is 0 Å². The van der Waals surface area contributed by atoms with E-state index in [1.807, 2.05) is 42.5 Å². The largest absolute Gasteiger partial charge is 0.289 e. The number of nitrogens with zero attached hydrogens (tertiary/aromatic N) is 3. The number of alkyl halides is 3. The normalized spacial score (nSPS) is 14.0. The molecule has 0 aliphatic heterocycles. The van der Waals surface area contributed by atoms with E-state index < -0.39 is 8.18 Å². The number of carbonyl (C=O) groups excluding carboxylic acids is 1. The first kappa shape index (κ1) is 16.7. The third-order valence-electron chi connectivity index (χ3n) is 3.75. The minimum absolute atomic E-state index is 0.0138. The summed E-state index contributed by atoms with van der Waals surface area (Å²) in [6.07, 6.45) is 0.483. The lowest BCUT2D eigenvalue weighted by atomic mass is 9.98. The highest BCUT2D eigenvalue weighted by molar-refractivity contribution is 9.39. The SMILES string of the molecule is [N-]=[N+]=N[C@@H](CC(Br)(Br)Br)c1ccc2c(c1)C(=O)c1ccccc1-2. The number of benzene rings is 2. The molecule has 0 spiro atoms. The Morgan fingerprint density at radius 2 is 1.70 bits per heavy atom. The molecule has 0 bridgehead atoms. The number of hydrogen-bond donors (Lipinski definition) is 0. The smallest absolute Gasteiger partial charge is 0.194 e. The zero-order valence-electron chi connectivity index (χ0n) is 11.7. The molecule has 0 saturated heterocycles. The molecule has 1 aliphatic rings. The molecule has 0 heterocycles. The van der Waals surface area contributed by atoms with Gasteiger partial charge in [-0.25, -0.2) is 0 Å². The fourth-order valence-electron chi connectivity index (χ4n) is 2.76. The molecule has 3 rings (SSSR count). The number of ketones is 1. The first-order valence-corrected chi connectivity index (χ1v) is 9.17. The molecule has 0 amide bonds. The molecular weight excluding hydrogens is 490 g/mol. The molecule has 1 aliphatic carbocycles. The molecule has 2 aromatic carbocycles. The van der Waals surface area contributed by atoms with E-state index in [0.717, 1.165) is 22.3 Å². The molecule has 0 saturated carbocycles. The molecule has 0 radical (unpaired) electrons. The monoisotopic (exact) mass is 497 g/mol. The van der Waals surface area contributed by atoms with E-state index in [-0.39, 0.29) is 5.78 Å². The van der Waals surface area contributed by atoms with Gasteiger partial charge in [0.1, 0.15) is 2.14 Å². The highest BCUT2D eigenvalue weighted by Gasteiger charge is 2.29. The van der Waals surface area contributed by atoms with Gasteiger partial charge in [0.2, 0.25) is 0 Å². The maximum atomic E-state index is 12.6. The lowest BCUT2D eigenvalue weighted by molar-refractivity contribution is 0.104. The van der Waals surface area contributed by atoms with E-state index in [0.29, 0.717) is 12.0 Å². The molecule has 23 heavy (non-hydrogen) atoms. The van der Waals surface area contributed by atoms with Crippen molar-refractivity contribution in [1.82, 2.24) is 0 Å². The Hall–Kier alpha value is -1.14. The summed E-state index contributed by atoms with van der Waals surface area (Å²) in [4.78, 5) is 15.5. The van der Waals surface area contributed by atoms with Gasteiger partial charge in [0.25, 0.3) is 0 Å². The van der Waals surface area contributed by atoms with Gasteiger partial charge in [-0.15, -0.1) is 0 Å². The molecule has 0 aromatic heterocycles. The molecule has 0 fully saturated rings. The number of azide groups is 1. The average molecular weight is 500 g/mol. The molecule has 2 aromatic rings. The van der Waals surface area contributed by atoms with Crippen LogP contribution in [-0.4, -0.2) is 7.93 Å². The second-order valence-corrected chi connectivity index (χ2v) is 12.5. The molecule has 1 atom stereocenters. The van der Waals surface area contributed by atoms with Crippen LogP contribution in [0.15, 0.2) is 47.6 Å². The summed E-state index contributed by atoms with van der Waals surface area (Å²) in [5, 5.41) is 3.86. The van der Waals surface area contributed by atoms with Gasteiger partial charge in [-0.3, -0.25) is 4.79 Å². The summed E-state index contributed by atoms with van der Waals surface area (Å²) in [5.74, 6) is 0.0138. The Morgan fingerprint density at radius 1 is 1.04 bits per heavy atom. The Balaban J connectivity index is 2.05. The quantitative estimate of drug-likeness (QED) is 0.176. The van der Waals surface area contributed by atoms with Crippen molar-refractivity contribution in [2.75, 3.05) is 0 Å². The van der Waals surface area contributed by atoms with Gasteiger partial charge in [0.05, 0.1) is 6.04 Å². The zero-order valence-corrected chi connectivity index (χ0v) is 16.5. The number of halogens is 3. The predicted molar refractivity (Wildman–Crippen MR) is 101 cm³/mol. The zero-order chi connectivity index (χ0) is 16.6. The Bertz CT molecular complexity index is 839. The highest BCUT2D eigenvalue weighted by atomic mass is 80.0. The second kappa shape index (κ2) is 6.40. The topological polar surface area (TPSA) is 65.8 Å². The summed E-state index contributed by atoms with van der Waals surface area (Å²) in [6, 6.07) is 12.8. The van der Waals surface area contributed by atoms with Crippen LogP contribution in [0.2, 0.25) is 0 Å². The number of carbonyl (C=O) groups is 1. The molecule has 116 valence electrons. The molecule has 0 unspecified atom stereocenters. The Labute approximate surface area is 158 Å². The third kappa shape index (κ3) is 3.38. The summed E-state index contributed by atoms with van der Waals surface area (Å²) >= 11 is 10.3. The van der Waals surface area contributed by atoms with Crippen molar-refractivity contribution in [1.29, 1.82) is 0 Å². The van der Waals surface area contributed by atoms with Crippen molar-refractivity contribution in [3.05, 3.63) is 69.6 Å². The predicted octanol–water partition coefficient (Wildman–Crippen LogP) is 6.48. The minimum Gasteiger partial charge on any atom is -0.289 e. The fourth-order valence-corrected chi connectivity index (χ4v) is 3.68. The van der Waals surface area contributed by atoms with E-state index in [2.05, 4.69) is 57.8 Å². The van der Waals surface area contributed by atoms with Crippen molar-refractivity contribution in [3.63, 3.8) is 0 Å². The van der Waals surface area contributed by atoms with Gasteiger partial charge in [-0.05, 0) is 34.7 Å². The van der Waals surface area contributed by atoms with Crippen molar-refractivity contribution in [3.8, 4) is 11.1 Å². The average Bonchev–Trinajstić information content (AvgIpc) is 2.79. The summed E-state index contributed by atoms with van der Waals surface area (Å²) in [5.41, 5.74) is 12.9. The standard InChI is InChI=1S/C16H10Br3N3O/c17-16(18,19)8-14(21-22-20)9-5-6-11-10-3-1-2-4-12(10)15(23)13(11)7-9/h1-7,14H,8H2/t14-/m0/s1. The Kier molecular flexibility index (Phi) is 4.65. The van der Waals surface area contributed by atoms with Crippen LogP contribution in [0, 0.1) is 0 Å². The summed E-state index contributed by atoms with van der Waals surface area (Å²) in [6.45, 7) is 0. The molecule has 4 nitrogen and oxygen atoms in total. The molecule has 0 N–H and O–H groups in total. The molecule has 7 heteroatoms. The van der Waals surface area contributed by atoms with Gasteiger partial charge in [0, 0.05) is 16.0 Å². The highest BCUT2D eigenvalue weighted by Crippen LogP contribution is 2.44. The minimum atomic E-state index is -0.530. The maximum Gasteiger partial charge on any atom is 0.194 e. The fraction of sp³-hybridized carbons (Fsp3) is 0.188. The van der Waals surface area contributed by atoms with Gasteiger partial charge in [-0.1, -0.05) is 89.3 Å². The van der Waals surface area contributed by atoms with Crippen molar-refractivity contribution in [2.24, 2.45) is 5.11 Å². The van der Waals surface area contributed by atoms with Gasteiger partial charge in [-0.2, -0.15) is 0 Å². The number of hydrogen-bond acceptors (Lipinski definition) is 2. The van der Waals surface area contributed by atoms with Crippen LogP contribution in [0.3, 0.4) is 0 Å². The number of rotatable bonds is 3. The summed E-state index contributed by atoms with van der Waals surface area (Å²) < 4.78 is -0.530. The van der Waals surface area contributed by atoms with Crippen LogP contribution < -0.4 is 0 Å². The van der Waals surface area contributed by atoms with Gasteiger partial charge in [0.15, 0.2) is 5.78 Å². The first-order valence-electron chi connectivity index (χ1n) is 6.80. The van der Waals surface area contributed by atoms with Crippen LogP contribution in [-0.2, 0) is 0 Å². The van der Waals surface area contributed by atoms with E-state index in [1.54, 1.807) is 0 Å². The van der Waals surface area contributed by atoms with Crippen LogP contribution in [0.5, 0.6) is 0 Å². The molecular formula is C16H10Br3N3O. The second-order valence-electron chi connectivity index (χ2n) is 5.22. The van der Waals surface area contributed by atoms with Crippen LogP contribution >= 0.6 is 47.8 Å². The summed E-state index contributed by atoms with van der Waals surface area (Å²) in [7, 11) is 0. The maximum absolute atomic E-state index is 12.6. The van der Waals surface area contributed by atoms with Crippen LogP contribution in [0.1, 0.15) is 33.9 Å². The third-order valence-corrected chi connectivity index (χ3v) is 4.72. The van der Waals surface area contributed by atoms with Gasteiger partial charge >= 0.3 is 0 Å². The Morgan fingerprint density at radius 3 is 2.35 bits per heavy atom. The van der Waals surface area contributed by atoms with Crippen molar-refractivity contribution < 1.29 is 4.79 Å². The van der Waals surface area contributed by atoms with Crippen molar-refractivity contribution >= 4 is 53.6 Å². The van der Waals surface area contributed by atoms with Crippen LogP contribution in [0.25, 0.3) is 21.6 Å². The van der Waals surface area contributed by atoms with Crippen molar-refractivity contribution in [2.45, 2.75) is 14.6 Å². The lowest BCUT2D eigenvalue weighted by Gasteiger charge is -2.18. The first-order chi connectivity index (χ1) is 10.9. The van der Waals surface area contributed by atoms with Gasteiger partial charge < -0.3 is 0 Å². The lowest BCUT2D eigenvalue weighted by Crippen LogP contribution is -2.07. The van der Waals surface area contributed by atoms with E-state index >= 15 is 0 Å².